The normalized spacial score (nSPS) is 17.7. The van der Waals surface area contributed by atoms with Crippen LogP contribution < -0.4 is 24.4 Å². The Labute approximate surface area is 535 Å². The van der Waals surface area contributed by atoms with Gasteiger partial charge in [-0.3, -0.25) is 28.0 Å². The van der Waals surface area contributed by atoms with E-state index >= 15 is 0 Å². The van der Waals surface area contributed by atoms with E-state index in [2.05, 4.69) is 30.9 Å². The number of fused-ring (bicyclic) bond motifs is 8. The van der Waals surface area contributed by atoms with E-state index in [4.69, 9.17) is 43.5 Å². The highest BCUT2D eigenvalue weighted by atomic mass is 79.9. The molecule has 14 rings (SSSR count). The molecule has 0 aliphatic carbocycles. The minimum absolute atomic E-state index is 0.132. The lowest BCUT2D eigenvalue weighted by Crippen LogP contribution is -2.31. The molecule has 10 aromatic rings. The lowest BCUT2D eigenvalue weighted by Gasteiger charge is -2.22. The highest BCUT2D eigenvalue weighted by molar-refractivity contribution is 9.10. The lowest BCUT2D eigenvalue weighted by molar-refractivity contribution is -0.147. The average Bonchev–Trinajstić information content (AvgIpc) is 1.57. The summed E-state index contributed by atoms with van der Waals surface area (Å²) in [5.41, 5.74) is 6.27. The summed E-state index contributed by atoms with van der Waals surface area (Å²) in [5.74, 6) is 2.21. The molecule has 0 bridgehead atoms. The Morgan fingerprint density at radius 3 is 1.46 bits per heavy atom. The van der Waals surface area contributed by atoms with Crippen molar-refractivity contribution >= 4 is 106 Å². The number of aryl methyl sites for hydroxylation is 2. The van der Waals surface area contributed by atoms with E-state index < -0.39 is 63.4 Å². The summed E-state index contributed by atoms with van der Waals surface area (Å²) >= 11 is 3.47. The number of rotatable bonds is 10. The van der Waals surface area contributed by atoms with Crippen molar-refractivity contribution in [2.45, 2.75) is 88.5 Å². The number of carbonyl (C=O) groups is 4. The van der Waals surface area contributed by atoms with Crippen LogP contribution in [-0.2, 0) is 48.7 Å². The van der Waals surface area contributed by atoms with Gasteiger partial charge in [0.25, 0.3) is 20.0 Å². The van der Waals surface area contributed by atoms with Gasteiger partial charge in [0.1, 0.15) is 54.9 Å². The van der Waals surface area contributed by atoms with Gasteiger partial charge in [0.2, 0.25) is 11.8 Å². The Bertz CT molecular complexity index is 4810. The quantitative estimate of drug-likeness (QED) is 0.113. The number of ether oxygens (including phenoxy) is 6. The monoisotopic (exact) mass is 1350 g/mol. The number of likely N-dealkylation sites (tertiary alicyclic amines) is 2. The Morgan fingerprint density at radius 2 is 0.989 bits per heavy atom. The maximum Gasteiger partial charge on any atom is 0.488 e. The minimum atomic E-state index is -3.97. The molecule has 4 atom stereocenters. The van der Waals surface area contributed by atoms with Gasteiger partial charge in [-0.25, -0.2) is 44.7 Å². The molecule has 10 heterocycles. The number of hydrogen-bond acceptors (Lipinski definition) is 20. The van der Waals surface area contributed by atoms with E-state index in [-0.39, 0.29) is 46.0 Å². The zero-order valence-corrected chi connectivity index (χ0v) is 53.6. The number of amides is 2. The van der Waals surface area contributed by atoms with Crippen LogP contribution in [0.15, 0.2) is 136 Å². The first-order chi connectivity index (χ1) is 44.0. The molecule has 2 saturated heterocycles. The summed E-state index contributed by atoms with van der Waals surface area (Å²) in [6.45, 7) is 11.7. The fourth-order valence-corrected chi connectivity index (χ4v) is 14.8. The fraction of sp³-hybridized carbons (Fsp3) is 0.290. The van der Waals surface area contributed by atoms with Crippen molar-refractivity contribution in [3.63, 3.8) is 0 Å². The van der Waals surface area contributed by atoms with Crippen LogP contribution in [0.25, 0.3) is 44.6 Å². The number of halogens is 1. The molecule has 0 spiro atoms. The molecule has 4 aliphatic heterocycles. The average molecular weight is 1360 g/mol. The third kappa shape index (κ3) is 12.0. The van der Waals surface area contributed by atoms with Crippen molar-refractivity contribution in [2.24, 2.45) is 0 Å². The van der Waals surface area contributed by atoms with E-state index in [0.29, 0.717) is 112 Å². The number of imidazole rings is 2. The van der Waals surface area contributed by atoms with Gasteiger partial charge in [-0.05, 0) is 102 Å². The second-order valence-electron chi connectivity index (χ2n) is 22.3. The molecule has 0 saturated carbocycles. The number of carbonyl (C=O) groups excluding carboxylic acids is 4. The Kier molecular flexibility index (Phi) is 17.1. The summed E-state index contributed by atoms with van der Waals surface area (Å²) in [6.07, 6.45) is 5.78. The second-order valence-corrected chi connectivity index (χ2v) is 26.6. The smallest absolute Gasteiger partial charge is 0.486 e. The van der Waals surface area contributed by atoms with Gasteiger partial charge in [-0.15, -0.1) is 0 Å². The first-order valence-corrected chi connectivity index (χ1v) is 32.8. The third-order valence-electron chi connectivity index (χ3n) is 16.0. The molecule has 2 amide bonds. The van der Waals surface area contributed by atoms with Crippen LogP contribution in [0.4, 0.5) is 0 Å². The molecule has 26 nitrogen and oxygen atoms in total. The van der Waals surface area contributed by atoms with Crippen LogP contribution in [0.2, 0.25) is 0 Å². The Morgan fingerprint density at radius 1 is 0.554 bits per heavy atom. The first-order valence-electron chi connectivity index (χ1n) is 29.1. The number of benzene rings is 4. The van der Waals surface area contributed by atoms with Gasteiger partial charge >= 0.3 is 19.1 Å². The summed E-state index contributed by atoms with van der Waals surface area (Å²) in [7, 11) is -9.33. The maximum absolute atomic E-state index is 13.7. The van der Waals surface area contributed by atoms with Gasteiger partial charge in [0.05, 0.1) is 75.1 Å². The van der Waals surface area contributed by atoms with Gasteiger partial charge in [-0.2, -0.15) is 0 Å². The number of nitrogens with zero attached hydrogens (tertiary/aromatic N) is 10. The third-order valence-corrected chi connectivity index (χ3v) is 19.9. The number of esters is 2. The second kappa shape index (κ2) is 25.0. The van der Waals surface area contributed by atoms with Crippen LogP contribution in [-0.4, -0.2) is 156 Å². The minimum Gasteiger partial charge on any atom is -0.486 e. The highest BCUT2D eigenvalue weighted by Gasteiger charge is 2.42. The molecule has 476 valence electrons. The first kappa shape index (κ1) is 62.8. The van der Waals surface area contributed by atoms with Gasteiger partial charge in [0, 0.05) is 58.5 Å². The zero-order chi connectivity index (χ0) is 65.1. The van der Waals surface area contributed by atoms with E-state index in [0.717, 1.165) is 24.6 Å². The summed E-state index contributed by atoms with van der Waals surface area (Å²) in [6, 6.07) is 25.9. The summed E-state index contributed by atoms with van der Waals surface area (Å²) in [4.78, 5) is 70.9. The van der Waals surface area contributed by atoms with Crippen molar-refractivity contribution in [2.75, 3.05) is 39.5 Å². The lowest BCUT2D eigenvalue weighted by atomic mass is 9.80. The van der Waals surface area contributed by atoms with Gasteiger partial charge < -0.3 is 48.3 Å². The molecular weight excluding hydrogens is 1300 g/mol. The summed E-state index contributed by atoms with van der Waals surface area (Å²) in [5, 5.41) is 17.8. The number of hydrogen-bond donors (Lipinski definition) is 2. The van der Waals surface area contributed by atoms with Gasteiger partial charge in [0.15, 0.2) is 34.3 Å². The van der Waals surface area contributed by atoms with Crippen LogP contribution in [0, 0.1) is 13.8 Å². The predicted molar refractivity (Wildman–Crippen MR) is 336 cm³/mol. The molecule has 4 aromatic carbocycles. The highest BCUT2D eigenvalue weighted by Crippen LogP contribution is 2.42. The topological polar surface area (TPSA) is 309 Å². The molecule has 0 radical (unpaired) electrons. The standard InChI is InChI=1S/C31H29N5O7S.C23H22BrN5O5S.C8H9BO4/c1-18-4-7-23(8-5-18)44(39,40)35-11-10-24-30(35)32-16-26-29(21-6-9-27-28(14-21)42-13-12-41-27)33-31(36(24)26)25-15-22(43-20(3)38)17-34(25)19(2)37;1-13-4-6-17(7-5-13)35(32,33)28-9-8-18-22(28)25-11-20-21(24)26-23(29(18)20)19-10-16(34-15(3)31)12-27(19)14(2)30;10-9(11)6-1-2-7-8(5-6)13-4-3-12-7/h4-11,14,16,22,25H,12-13,15,17H2,1-3H3;4-9,11,16,19H,10,12H2,1-3H3;1-2,5,10-11H,3-4H2/t22-,25-;16-,19-;/m11./s1. The van der Waals surface area contributed by atoms with E-state index in [1.54, 1.807) is 105 Å². The summed E-state index contributed by atoms with van der Waals surface area (Å²) < 4.78 is 93.6. The molecule has 6 aromatic heterocycles. The van der Waals surface area contributed by atoms with Gasteiger partial charge in [-0.1, -0.05) is 41.5 Å². The van der Waals surface area contributed by atoms with Crippen LogP contribution in [0.3, 0.4) is 0 Å². The van der Waals surface area contributed by atoms with Crippen LogP contribution >= 0.6 is 15.9 Å². The van der Waals surface area contributed by atoms with Crippen molar-refractivity contribution in [3.8, 4) is 34.3 Å². The molecule has 0 unspecified atom stereocenters. The van der Waals surface area contributed by atoms with Crippen LogP contribution in [0.1, 0.15) is 75.4 Å². The molecular formula is C62H60BBrN10O16S2. The Balaban J connectivity index is 0.000000151. The SMILES string of the molecule is CC(=O)O[C@@H]1C[C@H](c2nc(-c3ccc4c(c3)OCCO4)c3cnc4c(ccn4S(=O)(=O)c4ccc(C)cc4)n23)N(C(C)=O)C1.CC(=O)O[C@@H]1C[C@H](c2nc(Br)c3cnc4c(ccn4S(=O)(=O)c4ccc(C)cc4)n23)N(C(C)=O)C1.OB(O)c1ccc2c(c1)OCCO2. The van der Waals surface area contributed by atoms with Crippen molar-refractivity contribution in [3.05, 3.63) is 149 Å². The largest absolute Gasteiger partial charge is 0.488 e. The van der Waals surface area contributed by atoms with E-state index in [1.165, 1.54) is 40.1 Å². The Hall–Kier alpha value is -9.36. The van der Waals surface area contributed by atoms with Crippen molar-refractivity contribution in [1.29, 1.82) is 0 Å². The molecule has 4 aliphatic rings. The van der Waals surface area contributed by atoms with Crippen molar-refractivity contribution < 1.29 is 74.5 Å². The van der Waals surface area contributed by atoms with E-state index in [1.807, 2.05) is 36.4 Å². The molecule has 2 fully saturated rings. The fourth-order valence-electron chi connectivity index (χ4n) is 11.8. The molecule has 2 N–H and O–H groups in total. The predicted octanol–water partition coefficient (Wildman–Crippen LogP) is 6.25. The van der Waals surface area contributed by atoms with Crippen LogP contribution in [0.5, 0.6) is 23.0 Å². The zero-order valence-electron chi connectivity index (χ0n) is 50.4. The molecule has 92 heavy (non-hydrogen) atoms. The maximum atomic E-state index is 13.7. The number of aromatic nitrogens is 8. The molecule has 30 heteroatoms. The van der Waals surface area contributed by atoms with Crippen molar-refractivity contribution in [1.82, 2.24) is 46.5 Å². The van der Waals surface area contributed by atoms with E-state index in [9.17, 15) is 36.0 Å².